The minimum atomic E-state index is -3.22. The van der Waals surface area contributed by atoms with Crippen molar-refractivity contribution in [3.8, 4) is 0 Å². The summed E-state index contributed by atoms with van der Waals surface area (Å²) < 4.78 is 22.3. The van der Waals surface area contributed by atoms with Crippen LogP contribution in [-0.2, 0) is 9.84 Å². The molecule has 1 unspecified atom stereocenters. The summed E-state index contributed by atoms with van der Waals surface area (Å²) in [5.74, 6) is 0.357. The summed E-state index contributed by atoms with van der Waals surface area (Å²) in [6.07, 6.45) is 1.13. The van der Waals surface area contributed by atoms with Crippen LogP contribution in [0.4, 0.5) is 0 Å². The highest BCUT2D eigenvalue weighted by molar-refractivity contribution is 9.09. The predicted octanol–water partition coefficient (Wildman–Crippen LogP) is 2.03. The molecular weight excluding hydrogens is 288 g/mol. The SMILES string of the molecule is CC(C)C(Br)c1nnc(S(C)(=O)=O)s1. The van der Waals surface area contributed by atoms with Crippen molar-refractivity contribution in [1.82, 2.24) is 10.2 Å². The van der Waals surface area contributed by atoms with Crippen LogP contribution in [-0.4, -0.2) is 24.9 Å². The molecule has 0 aromatic carbocycles. The van der Waals surface area contributed by atoms with E-state index in [0.29, 0.717) is 10.9 Å². The molecule has 14 heavy (non-hydrogen) atoms. The molecule has 0 aliphatic rings. The molecule has 4 nitrogen and oxygen atoms in total. The molecule has 1 rings (SSSR count). The topological polar surface area (TPSA) is 59.9 Å². The second kappa shape index (κ2) is 4.24. The third-order valence-corrected chi connectivity index (χ3v) is 6.03. The smallest absolute Gasteiger partial charge is 0.221 e. The summed E-state index contributed by atoms with van der Waals surface area (Å²) in [4.78, 5) is 0.0653. The molecule has 1 atom stereocenters. The van der Waals surface area contributed by atoms with Crippen LogP contribution in [0.25, 0.3) is 0 Å². The minimum Gasteiger partial charge on any atom is -0.221 e. The zero-order valence-electron chi connectivity index (χ0n) is 8.06. The molecule has 0 saturated heterocycles. The first kappa shape index (κ1) is 12.1. The average Bonchev–Trinajstić information content (AvgIpc) is 2.49. The van der Waals surface area contributed by atoms with Gasteiger partial charge < -0.3 is 0 Å². The van der Waals surface area contributed by atoms with Crippen molar-refractivity contribution in [3.05, 3.63) is 5.01 Å². The van der Waals surface area contributed by atoms with Gasteiger partial charge in [0.05, 0.1) is 4.83 Å². The van der Waals surface area contributed by atoms with Gasteiger partial charge in [-0.15, -0.1) is 10.2 Å². The van der Waals surface area contributed by atoms with Gasteiger partial charge >= 0.3 is 0 Å². The van der Waals surface area contributed by atoms with Crippen LogP contribution in [0.3, 0.4) is 0 Å². The van der Waals surface area contributed by atoms with Gasteiger partial charge in [-0.2, -0.15) is 0 Å². The lowest BCUT2D eigenvalue weighted by Crippen LogP contribution is -1.97. The molecule has 80 valence electrons. The molecule has 0 saturated carbocycles. The zero-order chi connectivity index (χ0) is 10.9. The Bertz CT molecular complexity index is 413. The third-order valence-electron chi connectivity index (χ3n) is 1.56. The monoisotopic (exact) mass is 298 g/mol. The number of alkyl halides is 1. The number of halogens is 1. The van der Waals surface area contributed by atoms with E-state index in [4.69, 9.17) is 0 Å². The van der Waals surface area contributed by atoms with E-state index in [1.807, 2.05) is 13.8 Å². The van der Waals surface area contributed by atoms with Gasteiger partial charge in [-0.25, -0.2) is 8.42 Å². The highest BCUT2D eigenvalue weighted by Gasteiger charge is 2.20. The molecule has 0 bridgehead atoms. The van der Waals surface area contributed by atoms with Crippen LogP contribution in [0.2, 0.25) is 0 Å². The lowest BCUT2D eigenvalue weighted by molar-refractivity contribution is 0.599. The van der Waals surface area contributed by atoms with E-state index in [1.165, 1.54) is 0 Å². The fourth-order valence-corrected chi connectivity index (χ4v) is 2.92. The summed E-state index contributed by atoms with van der Waals surface area (Å²) >= 11 is 4.56. The summed E-state index contributed by atoms with van der Waals surface area (Å²) in [7, 11) is -3.22. The van der Waals surface area contributed by atoms with E-state index < -0.39 is 9.84 Å². The van der Waals surface area contributed by atoms with Crippen LogP contribution >= 0.6 is 27.3 Å². The van der Waals surface area contributed by atoms with Gasteiger partial charge in [0.15, 0.2) is 0 Å². The number of hydrogen-bond acceptors (Lipinski definition) is 5. The first-order valence-corrected chi connectivity index (χ1v) is 7.62. The van der Waals surface area contributed by atoms with Gasteiger partial charge in [0, 0.05) is 6.26 Å². The van der Waals surface area contributed by atoms with Crippen LogP contribution in [0.15, 0.2) is 4.34 Å². The van der Waals surface area contributed by atoms with Crippen molar-refractivity contribution in [3.63, 3.8) is 0 Å². The van der Waals surface area contributed by atoms with Crippen LogP contribution in [0.5, 0.6) is 0 Å². The van der Waals surface area contributed by atoms with Crippen molar-refractivity contribution in [2.75, 3.05) is 6.26 Å². The molecule has 0 radical (unpaired) electrons. The fraction of sp³-hybridized carbons (Fsp3) is 0.714. The lowest BCUT2D eigenvalue weighted by atomic mass is 10.1. The highest BCUT2D eigenvalue weighted by Crippen LogP contribution is 2.33. The Kier molecular flexibility index (Phi) is 3.65. The molecule has 0 aliphatic heterocycles. The molecule has 1 heterocycles. The Morgan fingerprint density at radius 2 is 1.93 bits per heavy atom. The average molecular weight is 299 g/mol. The predicted molar refractivity (Wildman–Crippen MR) is 59.5 cm³/mol. The Morgan fingerprint density at radius 3 is 2.29 bits per heavy atom. The van der Waals surface area contributed by atoms with Crippen LogP contribution in [0.1, 0.15) is 23.7 Å². The van der Waals surface area contributed by atoms with Crippen molar-refractivity contribution < 1.29 is 8.42 Å². The van der Waals surface area contributed by atoms with Gasteiger partial charge in [0.25, 0.3) is 0 Å². The Balaban J connectivity index is 3.00. The molecule has 7 heteroatoms. The number of nitrogens with zero attached hydrogens (tertiary/aromatic N) is 2. The molecule has 0 N–H and O–H groups in total. The number of sulfone groups is 1. The molecule has 1 aromatic heterocycles. The van der Waals surface area contributed by atoms with E-state index in [-0.39, 0.29) is 9.17 Å². The van der Waals surface area contributed by atoms with E-state index in [1.54, 1.807) is 0 Å². The van der Waals surface area contributed by atoms with Crippen LogP contribution in [0, 0.1) is 5.92 Å². The van der Waals surface area contributed by atoms with Gasteiger partial charge in [0.1, 0.15) is 5.01 Å². The highest BCUT2D eigenvalue weighted by atomic mass is 79.9. The van der Waals surface area contributed by atoms with E-state index >= 15 is 0 Å². The van der Waals surface area contributed by atoms with Crippen molar-refractivity contribution >= 4 is 37.1 Å². The largest absolute Gasteiger partial charge is 0.232 e. The molecule has 0 amide bonds. The molecule has 0 spiro atoms. The maximum Gasteiger partial charge on any atom is 0.232 e. The van der Waals surface area contributed by atoms with E-state index in [0.717, 1.165) is 17.6 Å². The van der Waals surface area contributed by atoms with Crippen molar-refractivity contribution in [2.24, 2.45) is 5.92 Å². The van der Waals surface area contributed by atoms with E-state index in [9.17, 15) is 8.42 Å². The number of aromatic nitrogens is 2. The van der Waals surface area contributed by atoms with Gasteiger partial charge in [0.2, 0.25) is 14.2 Å². The number of hydrogen-bond donors (Lipinski definition) is 0. The second-order valence-electron chi connectivity index (χ2n) is 3.32. The first-order valence-electron chi connectivity index (χ1n) is 4.00. The maximum atomic E-state index is 11.1. The molecule has 1 aromatic rings. The third kappa shape index (κ3) is 2.74. The standard InChI is InChI=1S/C7H11BrN2O2S2/c1-4(2)5(8)6-9-10-7(13-6)14(3,11)12/h4-5H,1-3H3. The minimum absolute atomic E-state index is 0.0653. The summed E-state index contributed by atoms with van der Waals surface area (Å²) in [5, 5.41) is 8.20. The molecular formula is C7H11BrN2O2S2. The van der Waals surface area contributed by atoms with Crippen molar-refractivity contribution in [2.45, 2.75) is 23.0 Å². The quantitative estimate of drug-likeness (QED) is 0.801. The molecule has 0 fully saturated rings. The Hall–Kier alpha value is -0.0100. The van der Waals surface area contributed by atoms with Gasteiger partial charge in [-0.3, -0.25) is 0 Å². The lowest BCUT2D eigenvalue weighted by Gasteiger charge is -2.08. The van der Waals surface area contributed by atoms with Gasteiger partial charge in [-0.05, 0) is 5.92 Å². The van der Waals surface area contributed by atoms with E-state index in [2.05, 4.69) is 26.1 Å². The summed E-state index contributed by atoms with van der Waals surface area (Å²) in [6.45, 7) is 4.06. The van der Waals surface area contributed by atoms with Crippen molar-refractivity contribution in [1.29, 1.82) is 0 Å². The van der Waals surface area contributed by atoms with Crippen LogP contribution < -0.4 is 0 Å². The first-order chi connectivity index (χ1) is 6.32. The second-order valence-corrected chi connectivity index (χ2v) is 7.51. The summed E-state index contributed by atoms with van der Waals surface area (Å²) in [5.41, 5.74) is 0. The normalized spacial score (nSPS) is 14.6. The fourth-order valence-electron chi connectivity index (χ4n) is 0.767. The Labute approximate surface area is 95.8 Å². The Morgan fingerprint density at radius 1 is 1.36 bits per heavy atom. The zero-order valence-corrected chi connectivity index (χ0v) is 11.3. The summed E-state index contributed by atoms with van der Waals surface area (Å²) in [6, 6.07) is 0. The van der Waals surface area contributed by atoms with Gasteiger partial charge in [-0.1, -0.05) is 41.1 Å². The maximum absolute atomic E-state index is 11.1. The number of rotatable bonds is 3. The molecule has 0 aliphatic carbocycles.